The van der Waals surface area contributed by atoms with Crippen LogP contribution in [0.4, 0.5) is 9.52 Å². The van der Waals surface area contributed by atoms with Crippen LogP contribution in [0.3, 0.4) is 0 Å². The molecular formula is C13H14FN3O4S2. The molecule has 0 unspecified atom stereocenters. The van der Waals surface area contributed by atoms with Gasteiger partial charge in [-0.15, -0.1) is 10.2 Å². The summed E-state index contributed by atoms with van der Waals surface area (Å²) < 4.78 is 41.4. The number of halogens is 1. The molecule has 0 saturated carbocycles. The molecule has 10 heteroatoms. The lowest BCUT2D eigenvalue weighted by atomic mass is 10.2. The van der Waals surface area contributed by atoms with Crippen LogP contribution in [0.5, 0.6) is 5.75 Å². The first kappa shape index (κ1) is 17.3. The SMILES string of the molecule is CC[C@@H](Oc1ccccc1F)C(=O)Nc1nnc(S(C)(=O)=O)s1. The van der Waals surface area contributed by atoms with Crippen molar-refractivity contribution in [3.8, 4) is 5.75 Å². The number of nitrogens with zero attached hydrogens (tertiary/aromatic N) is 2. The summed E-state index contributed by atoms with van der Waals surface area (Å²) in [5.74, 6) is -1.18. The predicted octanol–water partition coefficient (Wildman–Crippen LogP) is 1.88. The minimum atomic E-state index is -3.48. The van der Waals surface area contributed by atoms with Gasteiger partial charge < -0.3 is 4.74 Å². The van der Waals surface area contributed by atoms with Crippen molar-refractivity contribution >= 4 is 32.2 Å². The fourth-order valence-electron chi connectivity index (χ4n) is 1.61. The van der Waals surface area contributed by atoms with Crippen LogP contribution >= 0.6 is 11.3 Å². The number of amides is 1. The van der Waals surface area contributed by atoms with Gasteiger partial charge in [-0.25, -0.2) is 12.8 Å². The number of anilines is 1. The Hall–Kier alpha value is -2.07. The summed E-state index contributed by atoms with van der Waals surface area (Å²) in [5, 5.41) is 9.53. The number of rotatable bonds is 6. The molecule has 0 aliphatic carbocycles. The Morgan fingerprint density at radius 3 is 2.65 bits per heavy atom. The molecule has 0 fully saturated rings. The maximum atomic E-state index is 13.6. The average Bonchev–Trinajstić information content (AvgIpc) is 2.95. The number of nitrogens with one attached hydrogen (secondary N) is 1. The van der Waals surface area contributed by atoms with E-state index in [2.05, 4.69) is 15.5 Å². The Bertz CT molecular complexity index is 807. The number of sulfone groups is 1. The first-order valence-corrected chi connectivity index (χ1v) is 9.27. The van der Waals surface area contributed by atoms with Gasteiger partial charge in [0.15, 0.2) is 17.7 Å². The third kappa shape index (κ3) is 4.45. The zero-order chi connectivity index (χ0) is 17.0. The van der Waals surface area contributed by atoms with Gasteiger partial charge in [0.1, 0.15) is 0 Å². The predicted molar refractivity (Wildman–Crippen MR) is 82.8 cm³/mol. The Balaban J connectivity index is 2.09. The van der Waals surface area contributed by atoms with Crippen molar-refractivity contribution in [2.75, 3.05) is 11.6 Å². The number of benzene rings is 1. The summed E-state index contributed by atoms with van der Waals surface area (Å²) >= 11 is 0.734. The number of ether oxygens (including phenoxy) is 1. The molecule has 0 radical (unpaired) electrons. The van der Waals surface area contributed by atoms with Crippen LogP contribution < -0.4 is 10.1 Å². The second kappa shape index (κ2) is 7.01. The van der Waals surface area contributed by atoms with Crippen LogP contribution in [0.2, 0.25) is 0 Å². The molecule has 1 aromatic heterocycles. The zero-order valence-electron chi connectivity index (χ0n) is 12.3. The van der Waals surface area contributed by atoms with E-state index in [4.69, 9.17) is 4.74 Å². The van der Waals surface area contributed by atoms with Crippen LogP contribution in [0, 0.1) is 5.82 Å². The Labute approximate surface area is 136 Å². The smallest absolute Gasteiger partial charge is 0.267 e. The van der Waals surface area contributed by atoms with Gasteiger partial charge in [0.05, 0.1) is 0 Å². The average molecular weight is 359 g/mol. The first-order valence-electron chi connectivity index (χ1n) is 6.57. The fraction of sp³-hybridized carbons (Fsp3) is 0.308. The Morgan fingerprint density at radius 2 is 2.09 bits per heavy atom. The van der Waals surface area contributed by atoms with Crippen LogP contribution in [0.1, 0.15) is 13.3 Å². The van der Waals surface area contributed by atoms with E-state index in [0.717, 1.165) is 17.6 Å². The molecule has 1 heterocycles. The van der Waals surface area contributed by atoms with Crippen molar-refractivity contribution in [2.24, 2.45) is 0 Å². The van der Waals surface area contributed by atoms with Crippen LogP contribution in [0.15, 0.2) is 28.6 Å². The van der Waals surface area contributed by atoms with Gasteiger partial charge in [-0.05, 0) is 18.6 Å². The standard InChI is InChI=1S/C13H14FN3O4S2/c1-3-9(21-10-7-5-4-6-8(10)14)11(18)15-12-16-17-13(22-12)23(2,19)20/h4-7,9H,3H2,1-2H3,(H,15,16,18)/t9-/m1/s1. The van der Waals surface area contributed by atoms with Crippen LogP contribution in [-0.2, 0) is 14.6 Å². The molecular weight excluding hydrogens is 345 g/mol. The highest BCUT2D eigenvalue weighted by Crippen LogP contribution is 2.22. The second-order valence-electron chi connectivity index (χ2n) is 4.58. The lowest BCUT2D eigenvalue weighted by molar-refractivity contribution is -0.122. The number of para-hydroxylation sites is 1. The van der Waals surface area contributed by atoms with Crippen molar-refractivity contribution in [1.29, 1.82) is 0 Å². The van der Waals surface area contributed by atoms with Crippen LogP contribution in [0.25, 0.3) is 0 Å². The first-order chi connectivity index (χ1) is 10.8. The molecule has 1 aromatic carbocycles. The van der Waals surface area contributed by atoms with E-state index in [9.17, 15) is 17.6 Å². The molecule has 1 N–H and O–H groups in total. The summed E-state index contributed by atoms with van der Waals surface area (Å²) in [5.41, 5.74) is 0. The van der Waals surface area contributed by atoms with Crippen molar-refractivity contribution in [3.05, 3.63) is 30.1 Å². The summed E-state index contributed by atoms with van der Waals surface area (Å²) in [6, 6.07) is 5.74. The Kier molecular flexibility index (Phi) is 5.26. The molecule has 0 aliphatic rings. The summed E-state index contributed by atoms with van der Waals surface area (Å²) in [6.45, 7) is 1.70. The molecule has 2 rings (SSSR count). The number of aromatic nitrogens is 2. The topological polar surface area (TPSA) is 98.2 Å². The quantitative estimate of drug-likeness (QED) is 0.791. The van der Waals surface area contributed by atoms with Crippen molar-refractivity contribution in [2.45, 2.75) is 23.8 Å². The highest BCUT2D eigenvalue weighted by atomic mass is 32.2. The molecule has 1 amide bonds. The summed E-state index contributed by atoms with van der Waals surface area (Å²) in [4.78, 5) is 12.1. The normalized spacial score (nSPS) is 12.7. The monoisotopic (exact) mass is 359 g/mol. The molecule has 0 bridgehead atoms. The summed E-state index contributed by atoms with van der Waals surface area (Å²) in [6.07, 6.45) is 0.338. The largest absolute Gasteiger partial charge is 0.478 e. The maximum Gasteiger partial charge on any atom is 0.267 e. The lowest BCUT2D eigenvalue weighted by Gasteiger charge is -2.16. The van der Waals surface area contributed by atoms with Crippen LogP contribution in [-0.4, -0.2) is 36.9 Å². The molecule has 0 saturated heterocycles. The maximum absolute atomic E-state index is 13.6. The van der Waals surface area contributed by atoms with Crippen molar-refractivity contribution < 1.29 is 22.3 Å². The third-order valence-electron chi connectivity index (χ3n) is 2.72. The minimum Gasteiger partial charge on any atom is -0.478 e. The Morgan fingerprint density at radius 1 is 1.39 bits per heavy atom. The zero-order valence-corrected chi connectivity index (χ0v) is 13.9. The second-order valence-corrected chi connectivity index (χ2v) is 7.75. The van der Waals surface area contributed by atoms with Gasteiger partial charge in [-0.3, -0.25) is 10.1 Å². The van der Waals surface area contributed by atoms with E-state index in [-0.39, 0.29) is 21.6 Å². The van der Waals surface area contributed by atoms with Gasteiger partial charge in [0, 0.05) is 6.26 Å². The van der Waals surface area contributed by atoms with Gasteiger partial charge in [0.2, 0.25) is 19.3 Å². The third-order valence-corrected chi connectivity index (χ3v) is 5.23. The van der Waals surface area contributed by atoms with E-state index in [1.165, 1.54) is 18.2 Å². The van der Waals surface area contributed by atoms with E-state index in [1.807, 2.05) is 0 Å². The number of carbonyl (C=O) groups excluding carboxylic acids is 1. The fourth-order valence-corrected chi connectivity index (χ4v) is 3.12. The van der Waals surface area contributed by atoms with Gasteiger partial charge in [0.25, 0.3) is 5.91 Å². The van der Waals surface area contributed by atoms with Crippen molar-refractivity contribution in [1.82, 2.24) is 10.2 Å². The summed E-state index contributed by atoms with van der Waals surface area (Å²) in [7, 11) is -3.48. The molecule has 124 valence electrons. The number of hydrogen-bond donors (Lipinski definition) is 1. The van der Waals surface area contributed by atoms with E-state index in [0.29, 0.717) is 0 Å². The number of hydrogen-bond acceptors (Lipinski definition) is 7. The molecule has 1 atom stereocenters. The van der Waals surface area contributed by atoms with Gasteiger partial charge in [-0.2, -0.15) is 0 Å². The lowest BCUT2D eigenvalue weighted by Crippen LogP contribution is -2.32. The molecule has 7 nitrogen and oxygen atoms in total. The van der Waals surface area contributed by atoms with Crippen molar-refractivity contribution in [3.63, 3.8) is 0 Å². The van der Waals surface area contributed by atoms with Gasteiger partial charge in [-0.1, -0.05) is 30.4 Å². The highest BCUT2D eigenvalue weighted by Gasteiger charge is 2.22. The number of carbonyl (C=O) groups is 1. The molecule has 0 spiro atoms. The van der Waals surface area contributed by atoms with E-state index in [1.54, 1.807) is 13.0 Å². The van der Waals surface area contributed by atoms with Gasteiger partial charge >= 0.3 is 0 Å². The molecule has 2 aromatic rings. The highest BCUT2D eigenvalue weighted by molar-refractivity contribution is 7.92. The molecule has 0 aliphatic heterocycles. The molecule has 23 heavy (non-hydrogen) atoms. The van der Waals surface area contributed by atoms with E-state index >= 15 is 0 Å². The van der Waals surface area contributed by atoms with E-state index < -0.39 is 27.7 Å². The minimum absolute atomic E-state index is 0.0333.